The van der Waals surface area contributed by atoms with Crippen LogP contribution in [0.15, 0.2) is 18.2 Å². The molecular formula is C14H22N2O3. The minimum Gasteiger partial charge on any atom is -0.497 e. The summed E-state index contributed by atoms with van der Waals surface area (Å²) in [4.78, 5) is 11.8. The molecule has 0 saturated carbocycles. The zero-order valence-electron chi connectivity index (χ0n) is 11.9. The van der Waals surface area contributed by atoms with Crippen LogP contribution in [0.25, 0.3) is 0 Å². The second-order valence-corrected chi connectivity index (χ2v) is 4.35. The number of hydrogen-bond donors (Lipinski definition) is 2. The maximum atomic E-state index is 11.8. The van der Waals surface area contributed by atoms with Gasteiger partial charge in [-0.25, -0.2) is 4.79 Å². The van der Waals surface area contributed by atoms with Crippen molar-refractivity contribution in [2.24, 2.45) is 0 Å². The smallest absolute Gasteiger partial charge is 0.319 e. The average Bonchev–Trinajstić information content (AvgIpc) is 2.38. The summed E-state index contributed by atoms with van der Waals surface area (Å²) in [5.74, 6) is 1.26. The van der Waals surface area contributed by atoms with Crippen molar-refractivity contribution in [3.8, 4) is 11.5 Å². The largest absolute Gasteiger partial charge is 0.497 e. The van der Waals surface area contributed by atoms with E-state index in [9.17, 15) is 4.79 Å². The van der Waals surface area contributed by atoms with Crippen molar-refractivity contribution >= 4 is 11.7 Å². The molecule has 0 aliphatic rings. The van der Waals surface area contributed by atoms with Crippen LogP contribution < -0.4 is 20.1 Å². The highest BCUT2D eigenvalue weighted by Crippen LogP contribution is 2.28. The maximum Gasteiger partial charge on any atom is 0.319 e. The maximum absolute atomic E-state index is 11.8. The van der Waals surface area contributed by atoms with Crippen LogP contribution in [-0.2, 0) is 0 Å². The average molecular weight is 266 g/mol. The number of urea groups is 1. The fraction of sp³-hybridized carbons (Fsp3) is 0.500. The Balaban J connectivity index is 2.71. The first-order valence-corrected chi connectivity index (χ1v) is 6.40. The summed E-state index contributed by atoms with van der Waals surface area (Å²) >= 11 is 0. The lowest BCUT2D eigenvalue weighted by Gasteiger charge is -2.15. The summed E-state index contributed by atoms with van der Waals surface area (Å²) in [6.45, 7) is 4.06. The molecular weight excluding hydrogens is 244 g/mol. The Morgan fingerprint density at radius 1 is 1.32 bits per heavy atom. The van der Waals surface area contributed by atoms with Gasteiger partial charge in [-0.1, -0.05) is 13.3 Å². The number of anilines is 1. The minimum atomic E-state index is -0.243. The molecule has 1 atom stereocenters. The van der Waals surface area contributed by atoms with E-state index in [1.807, 2.05) is 6.92 Å². The standard InChI is InChI=1S/C14H22N2O3/c1-5-6-10(2)15-14(17)16-12-9-11(18-3)7-8-13(12)19-4/h7-10H,5-6H2,1-4H3,(H2,15,16,17). The lowest BCUT2D eigenvalue weighted by Crippen LogP contribution is -2.36. The van der Waals surface area contributed by atoms with Crippen molar-refractivity contribution in [3.63, 3.8) is 0 Å². The van der Waals surface area contributed by atoms with Gasteiger partial charge in [-0.2, -0.15) is 0 Å². The third-order valence-electron chi connectivity index (χ3n) is 2.75. The molecule has 0 aliphatic carbocycles. The van der Waals surface area contributed by atoms with Gasteiger partial charge in [-0.15, -0.1) is 0 Å². The molecule has 1 unspecified atom stereocenters. The van der Waals surface area contributed by atoms with Gasteiger partial charge in [0.05, 0.1) is 19.9 Å². The number of hydrogen-bond acceptors (Lipinski definition) is 3. The van der Waals surface area contributed by atoms with E-state index in [0.29, 0.717) is 17.2 Å². The van der Waals surface area contributed by atoms with Crippen molar-refractivity contribution in [2.75, 3.05) is 19.5 Å². The van der Waals surface area contributed by atoms with E-state index in [2.05, 4.69) is 17.6 Å². The zero-order chi connectivity index (χ0) is 14.3. The van der Waals surface area contributed by atoms with Crippen molar-refractivity contribution in [1.29, 1.82) is 0 Å². The van der Waals surface area contributed by atoms with Gasteiger partial charge in [0, 0.05) is 12.1 Å². The lowest BCUT2D eigenvalue weighted by molar-refractivity contribution is 0.248. The first kappa shape index (κ1) is 15.1. The Hall–Kier alpha value is -1.91. The molecule has 0 fully saturated rings. The molecule has 0 aliphatic heterocycles. The van der Waals surface area contributed by atoms with Crippen molar-refractivity contribution in [2.45, 2.75) is 32.7 Å². The third-order valence-corrected chi connectivity index (χ3v) is 2.75. The molecule has 1 rings (SSSR count). The molecule has 106 valence electrons. The number of ether oxygens (including phenoxy) is 2. The molecule has 5 nitrogen and oxygen atoms in total. The SMILES string of the molecule is CCCC(C)NC(=O)Nc1cc(OC)ccc1OC. The Morgan fingerprint density at radius 3 is 2.63 bits per heavy atom. The summed E-state index contributed by atoms with van der Waals surface area (Å²) in [6.07, 6.45) is 1.98. The monoisotopic (exact) mass is 266 g/mol. The highest BCUT2D eigenvalue weighted by molar-refractivity contribution is 5.91. The molecule has 1 aromatic carbocycles. The first-order valence-electron chi connectivity index (χ1n) is 6.40. The number of rotatable bonds is 6. The molecule has 19 heavy (non-hydrogen) atoms. The van der Waals surface area contributed by atoms with Crippen LogP contribution in [0.5, 0.6) is 11.5 Å². The van der Waals surface area contributed by atoms with E-state index in [-0.39, 0.29) is 12.1 Å². The van der Waals surface area contributed by atoms with E-state index < -0.39 is 0 Å². The van der Waals surface area contributed by atoms with Crippen LogP contribution in [0.2, 0.25) is 0 Å². The van der Waals surface area contributed by atoms with Gasteiger partial charge in [0.2, 0.25) is 0 Å². The number of carbonyl (C=O) groups is 1. The molecule has 0 spiro atoms. The molecule has 0 radical (unpaired) electrons. The highest BCUT2D eigenvalue weighted by Gasteiger charge is 2.10. The molecule has 0 aromatic heterocycles. The Labute approximate surface area is 114 Å². The number of carbonyl (C=O) groups excluding carboxylic acids is 1. The van der Waals surface area contributed by atoms with Gasteiger partial charge < -0.3 is 20.1 Å². The molecule has 2 amide bonds. The number of nitrogens with one attached hydrogen (secondary N) is 2. The predicted octanol–water partition coefficient (Wildman–Crippen LogP) is 3.01. The van der Waals surface area contributed by atoms with E-state index in [1.165, 1.54) is 0 Å². The predicted molar refractivity (Wildman–Crippen MR) is 76.1 cm³/mol. The van der Waals surface area contributed by atoms with E-state index >= 15 is 0 Å². The summed E-state index contributed by atoms with van der Waals surface area (Å²) in [5.41, 5.74) is 0.586. The molecule has 0 bridgehead atoms. The molecule has 0 saturated heterocycles. The van der Waals surface area contributed by atoms with E-state index in [4.69, 9.17) is 9.47 Å². The summed E-state index contributed by atoms with van der Waals surface area (Å²) in [6, 6.07) is 5.16. The van der Waals surface area contributed by atoms with Gasteiger partial charge in [0.15, 0.2) is 0 Å². The summed E-state index contributed by atoms with van der Waals surface area (Å²) in [5, 5.41) is 5.64. The number of benzene rings is 1. The van der Waals surface area contributed by atoms with Gasteiger partial charge >= 0.3 is 6.03 Å². The number of amides is 2. The fourth-order valence-electron chi connectivity index (χ4n) is 1.80. The van der Waals surface area contributed by atoms with Crippen molar-refractivity contribution in [1.82, 2.24) is 5.32 Å². The quantitative estimate of drug-likeness (QED) is 0.832. The van der Waals surface area contributed by atoms with Gasteiger partial charge in [0.25, 0.3) is 0 Å². The number of methoxy groups -OCH3 is 2. The molecule has 1 aromatic rings. The van der Waals surface area contributed by atoms with Gasteiger partial charge in [-0.3, -0.25) is 0 Å². The van der Waals surface area contributed by atoms with Crippen LogP contribution in [0.1, 0.15) is 26.7 Å². The van der Waals surface area contributed by atoms with Crippen LogP contribution in [0.4, 0.5) is 10.5 Å². The van der Waals surface area contributed by atoms with Crippen molar-refractivity contribution in [3.05, 3.63) is 18.2 Å². The second-order valence-electron chi connectivity index (χ2n) is 4.35. The van der Waals surface area contributed by atoms with Crippen molar-refractivity contribution < 1.29 is 14.3 Å². The van der Waals surface area contributed by atoms with Crippen LogP contribution in [0, 0.1) is 0 Å². The second kappa shape index (κ2) is 7.51. The zero-order valence-corrected chi connectivity index (χ0v) is 11.9. The Morgan fingerprint density at radius 2 is 2.05 bits per heavy atom. The molecule has 5 heteroatoms. The first-order chi connectivity index (χ1) is 9.10. The fourth-order valence-corrected chi connectivity index (χ4v) is 1.80. The van der Waals surface area contributed by atoms with Crippen LogP contribution >= 0.6 is 0 Å². The topological polar surface area (TPSA) is 59.6 Å². The van der Waals surface area contributed by atoms with Gasteiger partial charge in [-0.05, 0) is 25.5 Å². The lowest BCUT2D eigenvalue weighted by atomic mass is 10.2. The van der Waals surface area contributed by atoms with Crippen LogP contribution in [-0.4, -0.2) is 26.3 Å². The minimum absolute atomic E-state index is 0.140. The van der Waals surface area contributed by atoms with Gasteiger partial charge in [0.1, 0.15) is 11.5 Å². The third kappa shape index (κ3) is 4.69. The Bertz CT molecular complexity index is 421. The molecule has 0 heterocycles. The van der Waals surface area contributed by atoms with Crippen LogP contribution in [0.3, 0.4) is 0 Å². The molecule has 2 N–H and O–H groups in total. The highest BCUT2D eigenvalue weighted by atomic mass is 16.5. The summed E-state index contributed by atoms with van der Waals surface area (Å²) < 4.78 is 10.3. The summed E-state index contributed by atoms with van der Waals surface area (Å²) in [7, 11) is 3.14. The van der Waals surface area contributed by atoms with E-state index in [1.54, 1.807) is 32.4 Å². The normalized spacial score (nSPS) is 11.6. The van der Waals surface area contributed by atoms with E-state index in [0.717, 1.165) is 12.8 Å². The Kier molecular flexibility index (Phi) is 5.99.